The number of benzene rings is 7. The molecule has 0 fully saturated rings. The SMILES string of the molecule is CC(C)(C)c1cc(-c2cc(-c3[c-]c(-c4cc(-c5cccc6c7ccccc7n(-c7ccccc7)c56)ccn4)ccc3)nc(-c3cccc(-c4ccccc4)c3O)c2)cc(C(C)(C)C)c1.[Pt]. The molecular formula is C60H50N3OPt-. The van der Waals surface area contributed by atoms with E-state index in [4.69, 9.17) is 9.97 Å². The Kier molecular flexibility index (Phi) is 11.5. The summed E-state index contributed by atoms with van der Waals surface area (Å²) < 4.78 is 2.37. The summed E-state index contributed by atoms with van der Waals surface area (Å²) in [6.07, 6.45) is 1.90. The second-order valence-corrected chi connectivity index (χ2v) is 18.8. The van der Waals surface area contributed by atoms with Crippen molar-refractivity contribution in [1.29, 1.82) is 0 Å². The second kappa shape index (κ2) is 17.3. The molecule has 3 heterocycles. The quantitative estimate of drug-likeness (QED) is 0.162. The minimum absolute atomic E-state index is 0. The number of nitrogens with zero attached hydrogens (tertiary/aromatic N) is 3. The molecule has 65 heavy (non-hydrogen) atoms. The third-order valence-electron chi connectivity index (χ3n) is 12.3. The molecule has 0 atom stereocenters. The van der Waals surface area contributed by atoms with Crippen molar-refractivity contribution in [3.8, 4) is 78.6 Å². The number of rotatable bonds is 7. The van der Waals surface area contributed by atoms with Gasteiger partial charge in [0.1, 0.15) is 5.75 Å². The Morgan fingerprint density at radius 1 is 0.462 bits per heavy atom. The van der Waals surface area contributed by atoms with Crippen molar-refractivity contribution in [2.45, 2.75) is 52.4 Å². The number of phenols is 1. The molecule has 322 valence electrons. The molecule has 0 saturated carbocycles. The normalized spacial score (nSPS) is 11.8. The minimum atomic E-state index is -0.0652. The van der Waals surface area contributed by atoms with Crippen LogP contribution >= 0.6 is 0 Å². The maximum atomic E-state index is 12.0. The fourth-order valence-corrected chi connectivity index (χ4v) is 8.84. The molecule has 0 spiro atoms. The predicted octanol–water partition coefficient (Wildman–Crippen LogP) is 15.7. The number of aromatic nitrogens is 3. The van der Waals surface area contributed by atoms with E-state index in [0.29, 0.717) is 11.3 Å². The van der Waals surface area contributed by atoms with E-state index < -0.39 is 0 Å². The number of fused-ring (bicyclic) bond motifs is 3. The average molecular weight is 1020 g/mol. The molecule has 0 bridgehead atoms. The number of hydrogen-bond donors (Lipinski definition) is 1. The Balaban J connectivity index is 0.00000533. The van der Waals surface area contributed by atoms with E-state index in [1.807, 2.05) is 54.7 Å². The molecular weight excluding hydrogens is 974 g/mol. The Morgan fingerprint density at radius 3 is 1.74 bits per heavy atom. The van der Waals surface area contributed by atoms with Crippen molar-refractivity contribution in [3.63, 3.8) is 0 Å². The second-order valence-electron chi connectivity index (χ2n) is 18.8. The number of para-hydroxylation sites is 4. The van der Waals surface area contributed by atoms with Crippen LogP contribution in [0.3, 0.4) is 0 Å². The molecule has 0 aliphatic rings. The maximum Gasteiger partial charge on any atom is 0.132 e. The van der Waals surface area contributed by atoms with Crippen molar-refractivity contribution in [1.82, 2.24) is 14.5 Å². The van der Waals surface area contributed by atoms with Crippen LogP contribution in [0.2, 0.25) is 0 Å². The maximum absolute atomic E-state index is 12.0. The molecule has 10 rings (SSSR count). The molecule has 1 N–H and O–H groups in total. The summed E-state index contributed by atoms with van der Waals surface area (Å²) in [5.41, 5.74) is 16.5. The molecule has 0 amide bonds. The topological polar surface area (TPSA) is 50.9 Å². The van der Waals surface area contributed by atoms with Gasteiger partial charge in [-0.3, -0.25) is 9.97 Å². The zero-order valence-electron chi connectivity index (χ0n) is 37.5. The van der Waals surface area contributed by atoms with Crippen LogP contribution in [0, 0.1) is 6.07 Å². The number of pyridine rings is 2. The van der Waals surface area contributed by atoms with Gasteiger partial charge in [-0.2, -0.15) is 0 Å². The summed E-state index contributed by atoms with van der Waals surface area (Å²) in [5.74, 6) is 0.197. The predicted molar refractivity (Wildman–Crippen MR) is 267 cm³/mol. The molecule has 5 heteroatoms. The third-order valence-corrected chi connectivity index (χ3v) is 12.3. The van der Waals surface area contributed by atoms with Gasteiger partial charge in [0.2, 0.25) is 0 Å². The van der Waals surface area contributed by atoms with Crippen LogP contribution in [0.5, 0.6) is 5.75 Å². The van der Waals surface area contributed by atoms with Crippen LogP contribution in [0.4, 0.5) is 0 Å². The molecule has 0 aliphatic carbocycles. The van der Waals surface area contributed by atoms with Gasteiger partial charge in [-0.05, 0) is 80.6 Å². The summed E-state index contributed by atoms with van der Waals surface area (Å²) >= 11 is 0. The monoisotopic (exact) mass is 1020 g/mol. The van der Waals surface area contributed by atoms with E-state index in [1.165, 1.54) is 27.4 Å². The first-order chi connectivity index (χ1) is 30.9. The van der Waals surface area contributed by atoms with Crippen molar-refractivity contribution < 1.29 is 26.2 Å². The third kappa shape index (κ3) is 8.36. The molecule has 0 radical (unpaired) electrons. The first-order valence-electron chi connectivity index (χ1n) is 22.0. The molecule has 0 unspecified atom stereocenters. The molecule has 4 nitrogen and oxygen atoms in total. The van der Waals surface area contributed by atoms with Crippen LogP contribution in [-0.4, -0.2) is 19.6 Å². The van der Waals surface area contributed by atoms with Gasteiger partial charge in [-0.15, -0.1) is 24.3 Å². The molecule has 10 aromatic rings. The van der Waals surface area contributed by atoms with Gasteiger partial charge in [0.25, 0.3) is 0 Å². The molecule has 0 aliphatic heterocycles. The number of phenolic OH excluding ortho intramolecular Hbond substituents is 1. The van der Waals surface area contributed by atoms with Gasteiger partial charge < -0.3 is 9.67 Å². The summed E-state index contributed by atoms with van der Waals surface area (Å²) in [4.78, 5) is 10.2. The van der Waals surface area contributed by atoms with Crippen molar-refractivity contribution in [3.05, 3.63) is 205 Å². The van der Waals surface area contributed by atoms with Crippen LogP contribution in [0.1, 0.15) is 52.7 Å². The summed E-state index contributed by atoms with van der Waals surface area (Å²) in [7, 11) is 0. The van der Waals surface area contributed by atoms with Crippen LogP contribution < -0.4 is 0 Å². The molecule has 0 saturated heterocycles. The van der Waals surface area contributed by atoms with Crippen LogP contribution in [0.25, 0.3) is 94.6 Å². The minimum Gasteiger partial charge on any atom is -0.507 e. The molecule has 7 aromatic carbocycles. The largest absolute Gasteiger partial charge is 0.507 e. The van der Waals surface area contributed by atoms with Crippen LogP contribution in [0.15, 0.2) is 188 Å². The van der Waals surface area contributed by atoms with E-state index in [0.717, 1.165) is 67.1 Å². The Bertz CT molecular complexity index is 3320. The van der Waals surface area contributed by atoms with Gasteiger partial charge in [0.05, 0.1) is 16.7 Å². The zero-order valence-corrected chi connectivity index (χ0v) is 39.8. The first-order valence-corrected chi connectivity index (χ1v) is 22.0. The fraction of sp³-hybridized carbons (Fsp3) is 0.133. The van der Waals surface area contributed by atoms with E-state index >= 15 is 0 Å². The average Bonchev–Trinajstić information content (AvgIpc) is 3.66. The Hall–Kier alpha value is -6.87. The molecule has 3 aromatic heterocycles. The van der Waals surface area contributed by atoms with Crippen LogP contribution in [-0.2, 0) is 31.9 Å². The van der Waals surface area contributed by atoms with Gasteiger partial charge in [-0.1, -0.05) is 180 Å². The number of aromatic hydroxyl groups is 1. The Morgan fingerprint density at radius 2 is 1.02 bits per heavy atom. The van der Waals surface area contributed by atoms with Crippen molar-refractivity contribution in [2.24, 2.45) is 0 Å². The fourth-order valence-electron chi connectivity index (χ4n) is 8.84. The van der Waals surface area contributed by atoms with E-state index in [2.05, 4.69) is 186 Å². The van der Waals surface area contributed by atoms with E-state index in [1.54, 1.807) is 0 Å². The van der Waals surface area contributed by atoms with Gasteiger partial charge >= 0.3 is 0 Å². The van der Waals surface area contributed by atoms with E-state index in [9.17, 15) is 5.11 Å². The van der Waals surface area contributed by atoms with E-state index in [-0.39, 0.29) is 37.6 Å². The smallest absolute Gasteiger partial charge is 0.132 e. The van der Waals surface area contributed by atoms with Crippen molar-refractivity contribution >= 4 is 21.8 Å². The van der Waals surface area contributed by atoms with Gasteiger partial charge in [0.15, 0.2) is 0 Å². The van der Waals surface area contributed by atoms with Crippen molar-refractivity contribution in [2.75, 3.05) is 0 Å². The standard InChI is InChI=1S/C60H50N3O.Pt/c1-59(2,3)45-33-43(34-46(38-45)60(4,5)6)44-36-54(62-55(37-44)52-28-17-26-49(58(52)64)39-18-9-7-10-19-39)42-21-15-20-41(32-42)53-35-40(30-31-61-53)48-25-16-27-51-50-24-13-14-29-56(50)63(57(48)51)47-22-11-8-12-23-47;/h7-31,33-38,64H,1-6H3;/q-1;. The Labute approximate surface area is 396 Å². The number of hydrogen-bond acceptors (Lipinski definition) is 3. The first kappa shape index (κ1) is 43.4. The van der Waals surface area contributed by atoms with Gasteiger partial charge in [0, 0.05) is 71.8 Å². The zero-order chi connectivity index (χ0) is 44.2. The van der Waals surface area contributed by atoms with Gasteiger partial charge in [-0.25, -0.2) is 0 Å². The summed E-state index contributed by atoms with van der Waals surface area (Å²) in [5, 5.41) is 14.4. The summed E-state index contributed by atoms with van der Waals surface area (Å²) in [6, 6.07) is 67.2. The summed E-state index contributed by atoms with van der Waals surface area (Å²) in [6.45, 7) is 13.6.